The lowest BCUT2D eigenvalue weighted by atomic mass is 9.64. The van der Waals surface area contributed by atoms with E-state index in [0.717, 1.165) is 6.42 Å². The maximum atomic E-state index is 5.54. The number of hydrogen-bond donors (Lipinski definition) is 2. The molecule has 0 aromatic heterocycles. The lowest BCUT2D eigenvalue weighted by Gasteiger charge is -2.50. The summed E-state index contributed by atoms with van der Waals surface area (Å²) in [7, 11) is 3.12. The number of hydrogen-bond acceptors (Lipinski definition) is 2. The Kier molecular flexibility index (Phi) is 4.59. The van der Waals surface area contributed by atoms with Crippen molar-refractivity contribution in [2.24, 2.45) is 21.9 Å². The average molecular weight is 242 g/mol. The second kappa shape index (κ2) is 4.75. The molecule has 4 nitrogen and oxygen atoms in total. The molecular weight excluding hydrogens is 218 g/mol. The quantitative estimate of drug-likeness (QED) is 0.434. The Labute approximate surface area is 102 Å². The maximum absolute atomic E-state index is 5.54. The lowest BCUT2D eigenvalue weighted by molar-refractivity contribution is -0.0267. The third kappa shape index (κ3) is 2.57. The van der Waals surface area contributed by atoms with Crippen molar-refractivity contribution in [2.75, 3.05) is 0 Å². The molecule has 0 saturated carbocycles. The van der Waals surface area contributed by atoms with Gasteiger partial charge in [0.2, 0.25) is 10.5 Å². The highest BCUT2D eigenvalue weighted by molar-refractivity contribution is 5.98. The third-order valence-electron chi connectivity index (χ3n) is 3.98. The number of rotatable bonds is 5. The van der Waals surface area contributed by atoms with Gasteiger partial charge in [0.1, 0.15) is 0 Å². The van der Waals surface area contributed by atoms with Gasteiger partial charge in [-0.2, -0.15) is 0 Å². The van der Waals surface area contributed by atoms with Crippen LogP contribution in [0.5, 0.6) is 0 Å². The summed E-state index contributed by atoms with van der Waals surface area (Å²) < 4.78 is 5.38. The molecule has 0 spiro atoms. The molecule has 93 valence electrons. The molecule has 1 atom stereocenters. The van der Waals surface area contributed by atoms with Crippen LogP contribution in [-0.4, -0.2) is 27.6 Å². The molecule has 1 unspecified atom stereocenters. The molecule has 0 heterocycles. The SMILES string of the molecule is CCC(C)(C)C(C)(N=C(N)N)C(C)(C)O[Si]. The Bertz CT molecular complexity index is 254. The molecule has 0 aliphatic rings. The summed E-state index contributed by atoms with van der Waals surface area (Å²) in [5, 5.41) is 0. The van der Waals surface area contributed by atoms with Crippen LogP contribution in [0.3, 0.4) is 0 Å². The number of nitrogens with zero attached hydrogens (tertiary/aromatic N) is 1. The fourth-order valence-electron chi connectivity index (χ4n) is 1.80. The van der Waals surface area contributed by atoms with Crippen LogP contribution in [-0.2, 0) is 4.43 Å². The van der Waals surface area contributed by atoms with Gasteiger partial charge in [-0.1, -0.05) is 20.8 Å². The Balaban J connectivity index is 5.64. The normalized spacial score (nSPS) is 16.7. The molecule has 5 heteroatoms. The molecule has 4 N–H and O–H groups in total. The van der Waals surface area contributed by atoms with E-state index in [-0.39, 0.29) is 11.4 Å². The number of aliphatic imine (C=N–C) groups is 1. The average Bonchev–Trinajstić information content (AvgIpc) is 2.16. The summed E-state index contributed by atoms with van der Waals surface area (Å²) in [5.74, 6) is 0.0841. The molecular formula is C11H24N3OSi. The van der Waals surface area contributed by atoms with Crippen molar-refractivity contribution in [2.45, 2.75) is 59.1 Å². The van der Waals surface area contributed by atoms with Crippen LogP contribution in [0.4, 0.5) is 0 Å². The first-order valence-corrected chi connectivity index (χ1v) is 5.90. The van der Waals surface area contributed by atoms with Gasteiger partial charge < -0.3 is 15.9 Å². The zero-order chi connectivity index (χ0) is 13.2. The van der Waals surface area contributed by atoms with Gasteiger partial charge in [-0.25, -0.2) is 4.99 Å². The van der Waals surface area contributed by atoms with Gasteiger partial charge in [-0.05, 0) is 32.6 Å². The minimum absolute atomic E-state index is 0.0841. The topological polar surface area (TPSA) is 73.6 Å². The first kappa shape index (κ1) is 15.4. The van der Waals surface area contributed by atoms with Crippen molar-refractivity contribution < 1.29 is 4.43 Å². The number of nitrogens with two attached hydrogens (primary N) is 2. The summed E-state index contributed by atoms with van der Waals surface area (Å²) in [6.45, 7) is 12.3. The Morgan fingerprint density at radius 3 is 1.88 bits per heavy atom. The molecule has 0 aromatic carbocycles. The van der Waals surface area contributed by atoms with Crippen LogP contribution in [0.15, 0.2) is 4.99 Å². The van der Waals surface area contributed by atoms with Crippen LogP contribution in [0.25, 0.3) is 0 Å². The number of guanidine groups is 1. The highest BCUT2D eigenvalue weighted by atomic mass is 28.2. The van der Waals surface area contributed by atoms with E-state index in [1.54, 1.807) is 0 Å². The summed E-state index contributed by atoms with van der Waals surface area (Å²) in [5.41, 5.74) is 9.95. The smallest absolute Gasteiger partial charge is 0.247 e. The fourth-order valence-corrected chi connectivity index (χ4v) is 2.00. The Morgan fingerprint density at radius 2 is 1.62 bits per heavy atom. The van der Waals surface area contributed by atoms with Crippen LogP contribution < -0.4 is 11.5 Å². The summed E-state index contributed by atoms with van der Waals surface area (Å²) in [6.07, 6.45) is 0.944. The highest BCUT2D eigenvalue weighted by Gasteiger charge is 2.51. The lowest BCUT2D eigenvalue weighted by Crippen LogP contribution is -2.58. The van der Waals surface area contributed by atoms with Crippen molar-refractivity contribution >= 4 is 16.4 Å². The molecule has 16 heavy (non-hydrogen) atoms. The minimum Gasteiger partial charge on any atom is -0.411 e. The largest absolute Gasteiger partial charge is 0.411 e. The van der Waals surface area contributed by atoms with Gasteiger partial charge in [-0.15, -0.1) is 0 Å². The van der Waals surface area contributed by atoms with Gasteiger partial charge in [0.15, 0.2) is 5.96 Å². The predicted molar refractivity (Wildman–Crippen MR) is 69.2 cm³/mol. The van der Waals surface area contributed by atoms with E-state index < -0.39 is 11.1 Å². The molecule has 0 saturated heterocycles. The van der Waals surface area contributed by atoms with Gasteiger partial charge in [-0.3, -0.25) is 0 Å². The van der Waals surface area contributed by atoms with E-state index >= 15 is 0 Å². The van der Waals surface area contributed by atoms with Crippen LogP contribution in [0.1, 0.15) is 48.0 Å². The maximum Gasteiger partial charge on any atom is 0.247 e. The molecule has 3 radical (unpaired) electrons. The second-order valence-electron chi connectivity index (χ2n) is 5.46. The van der Waals surface area contributed by atoms with Gasteiger partial charge >= 0.3 is 0 Å². The zero-order valence-corrected chi connectivity index (χ0v) is 12.2. The van der Waals surface area contributed by atoms with Crippen molar-refractivity contribution in [3.8, 4) is 0 Å². The Hall–Kier alpha value is -0.553. The second-order valence-corrected chi connectivity index (χ2v) is 5.66. The van der Waals surface area contributed by atoms with Gasteiger partial charge in [0.25, 0.3) is 0 Å². The molecule has 0 aromatic rings. The van der Waals surface area contributed by atoms with Crippen molar-refractivity contribution in [3.05, 3.63) is 0 Å². The fraction of sp³-hybridized carbons (Fsp3) is 0.909. The Morgan fingerprint density at radius 1 is 1.19 bits per heavy atom. The minimum atomic E-state index is -0.520. The first-order valence-electron chi connectivity index (χ1n) is 5.49. The van der Waals surface area contributed by atoms with Gasteiger partial charge in [0, 0.05) is 0 Å². The zero-order valence-electron chi connectivity index (χ0n) is 11.2. The molecule has 0 amide bonds. The van der Waals surface area contributed by atoms with E-state index in [2.05, 4.69) is 36.2 Å². The van der Waals surface area contributed by atoms with E-state index in [0.29, 0.717) is 0 Å². The van der Waals surface area contributed by atoms with E-state index in [1.807, 2.05) is 20.8 Å². The summed E-state index contributed by atoms with van der Waals surface area (Å²) in [4.78, 5) is 4.41. The molecule has 0 fully saturated rings. The van der Waals surface area contributed by atoms with Crippen LogP contribution in [0.2, 0.25) is 0 Å². The summed E-state index contributed by atoms with van der Waals surface area (Å²) >= 11 is 0. The van der Waals surface area contributed by atoms with E-state index in [1.165, 1.54) is 0 Å². The van der Waals surface area contributed by atoms with Crippen molar-refractivity contribution in [3.63, 3.8) is 0 Å². The van der Waals surface area contributed by atoms with Crippen molar-refractivity contribution in [1.82, 2.24) is 0 Å². The first-order chi connectivity index (χ1) is 7.04. The van der Waals surface area contributed by atoms with Gasteiger partial charge in [0.05, 0.1) is 11.1 Å². The highest BCUT2D eigenvalue weighted by Crippen LogP contribution is 2.45. The van der Waals surface area contributed by atoms with Crippen LogP contribution in [0, 0.1) is 5.41 Å². The third-order valence-corrected chi connectivity index (χ3v) is 4.49. The monoisotopic (exact) mass is 242 g/mol. The molecule has 0 bridgehead atoms. The molecule has 0 aliphatic carbocycles. The molecule has 0 aliphatic heterocycles. The predicted octanol–water partition coefficient (Wildman–Crippen LogP) is 1.33. The van der Waals surface area contributed by atoms with E-state index in [9.17, 15) is 0 Å². The van der Waals surface area contributed by atoms with Crippen molar-refractivity contribution in [1.29, 1.82) is 0 Å². The summed E-state index contributed by atoms with van der Waals surface area (Å²) in [6, 6.07) is 0. The molecule has 0 rings (SSSR count). The standard InChI is InChI=1S/C11H24N3OSi/c1-7-9(2,3)11(6,14-8(12)13)10(4,5)15-16/h7H2,1-6H3,(H4,12,13,14). The van der Waals surface area contributed by atoms with Crippen LogP contribution >= 0.6 is 0 Å². The van der Waals surface area contributed by atoms with E-state index in [4.69, 9.17) is 15.9 Å².